The van der Waals surface area contributed by atoms with Crippen LogP contribution in [0.1, 0.15) is 12.5 Å². The van der Waals surface area contributed by atoms with E-state index in [-0.39, 0.29) is 22.7 Å². The third-order valence-corrected chi connectivity index (χ3v) is 2.83. The van der Waals surface area contributed by atoms with Crippen LogP contribution in [0.4, 0.5) is 13.2 Å². The van der Waals surface area contributed by atoms with Crippen LogP contribution in [0.5, 0.6) is 5.75 Å². The summed E-state index contributed by atoms with van der Waals surface area (Å²) in [6.07, 6.45) is -4.72. The molecule has 0 unspecified atom stereocenters. The van der Waals surface area contributed by atoms with E-state index in [4.69, 9.17) is 0 Å². The van der Waals surface area contributed by atoms with Crippen molar-refractivity contribution >= 4 is 21.8 Å². The largest absolute Gasteiger partial charge is 0.573 e. The number of hydrogen-bond donors (Lipinski definition) is 2. The van der Waals surface area contributed by atoms with Gasteiger partial charge in [-0.05, 0) is 40.5 Å². The first-order valence-electron chi connectivity index (χ1n) is 5.83. The molecule has 1 aromatic rings. The maximum absolute atomic E-state index is 12.1. The van der Waals surface area contributed by atoms with Crippen molar-refractivity contribution in [1.29, 1.82) is 0 Å². The lowest BCUT2D eigenvalue weighted by Crippen LogP contribution is -2.33. The lowest BCUT2D eigenvalue weighted by atomic mass is 10.2. The van der Waals surface area contributed by atoms with Crippen LogP contribution < -0.4 is 15.4 Å². The van der Waals surface area contributed by atoms with Gasteiger partial charge >= 0.3 is 6.36 Å². The smallest absolute Gasteiger partial charge is 0.405 e. The Morgan fingerprint density at radius 3 is 2.65 bits per heavy atom. The van der Waals surface area contributed by atoms with Crippen molar-refractivity contribution in [1.82, 2.24) is 10.6 Å². The van der Waals surface area contributed by atoms with E-state index in [1.165, 1.54) is 18.2 Å². The van der Waals surface area contributed by atoms with Gasteiger partial charge in [-0.3, -0.25) is 4.79 Å². The van der Waals surface area contributed by atoms with Gasteiger partial charge in [-0.2, -0.15) is 0 Å². The minimum atomic E-state index is -4.72. The van der Waals surface area contributed by atoms with Crippen molar-refractivity contribution in [3.05, 3.63) is 28.2 Å². The van der Waals surface area contributed by atoms with Crippen molar-refractivity contribution in [2.24, 2.45) is 0 Å². The predicted molar refractivity (Wildman–Crippen MR) is 71.2 cm³/mol. The molecule has 0 aliphatic heterocycles. The highest BCUT2D eigenvalue weighted by atomic mass is 79.9. The molecular formula is C12H14BrF3N2O2. The van der Waals surface area contributed by atoms with Gasteiger partial charge < -0.3 is 15.4 Å². The molecule has 1 amide bonds. The van der Waals surface area contributed by atoms with Crippen molar-refractivity contribution in [2.75, 3.05) is 13.1 Å². The average Bonchev–Trinajstić information content (AvgIpc) is 2.31. The molecule has 112 valence electrons. The number of likely N-dealkylation sites (N-methyl/N-ethyl adjacent to an activating group) is 1. The summed E-state index contributed by atoms with van der Waals surface area (Å²) in [5.74, 6) is -0.437. The molecule has 0 saturated carbocycles. The molecule has 0 aliphatic carbocycles. The van der Waals surface area contributed by atoms with Gasteiger partial charge in [-0.25, -0.2) is 0 Å². The second-order valence-electron chi connectivity index (χ2n) is 3.87. The summed E-state index contributed by atoms with van der Waals surface area (Å²) in [5.41, 5.74) is 0.732. The fourth-order valence-corrected chi connectivity index (χ4v) is 1.95. The van der Waals surface area contributed by atoms with Crippen molar-refractivity contribution in [2.45, 2.75) is 19.8 Å². The highest BCUT2D eigenvalue weighted by molar-refractivity contribution is 9.10. The molecular weight excluding hydrogens is 341 g/mol. The molecule has 0 atom stereocenters. The van der Waals surface area contributed by atoms with Crippen LogP contribution in [0, 0.1) is 0 Å². The van der Waals surface area contributed by atoms with Gasteiger partial charge in [0.2, 0.25) is 5.91 Å². The number of hydrogen-bond acceptors (Lipinski definition) is 3. The molecule has 0 saturated heterocycles. The zero-order chi connectivity index (χ0) is 15.2. The zero-order valence-electron chi connectivity index (χ0n) is 10.7. The Labute approximate surface area is 122 Å². The SMILES string of the molecule is CCNC(=O)CNCc1ccc(OC(F)(F)F)c(Br)c1. The van der Waals surface area contributed by atoms with Crippen LogP contribution in [-0.2, 0) is 11.3 Å². The highest BCUT2D eigenvalue weighted by Crippen LogP contribution is 2.30. The Balaban J connectivity index is 2.53. The molecule has 1 rings (SSSR count). The maximum atomic E-state index is 12.1. The minimum absolute atomic E-state index is 0.136. The van der Waals surface area contributed by atoms with Crippen LogP contribution in [0.3, 0.4) is 0 Å². The quantitative estimate of drug-likeness (QED) is 0.825. The number of carbonyl (C=O) groups excluding carboxylic acids is 1. The molecule has 2 N–H and O–H groups in total. The fourth-order valence-electron chi connectivity index (χ4n) is 1.44. The molecule has 8 heteroatoms. The Bertz CT molecular complexity index is 467. The third-order valence-electron chi connectivity index (χ3n) is 2.21. The molecule has 0 spiro atoms. The summed E-state index contributed by atoms with van der Waals surface area (Å²) in [5, 5.41) is 5.51. The standard InChI is InChI=1S/C12H14BrF3N2O2/c1-2-18-11(19)7-17-6-8-3-4-10(9(13)5-8)20-12(14,15)16/h3-5,17H,2,6-7H2,1H3,(H,18,19). The van der Waals surface area contributed by atoms with Gasteiger partial charge in [0.05, 0.1) is 11.0 Å². The van der Waals surface area contributed by atoms with Gasteiger partial charge in [0.25, 0.3) is 0 Å². The monoisotopic (exact) mass is 354 g/mol. The number of halogens is 4. The van der Waals surface area contributed by atoms with Crippen LogP contribution >= 0.6 is 15.9 Å². The molecule has 1 aromatic carbocycles. The van der Waals surface area contributed by atoms with Gasteiger partial charge in [0.1, 0.15) is 5.75 Å². The van der Waals surface area contributed by atoms with E-state index in [9.17, 15) is 18.0 Å². The summed E-state index contributed by atoms with van der Waals surface area (Å²) in [7, 11) is 0. The number of rotatable bonds is 6. The lowest BCUT2D eigenvalue weighted by molar-refractivity contribution is -0.274. The average molecular weight is 355 g/mol. The normalized spacial score (nSPS) is 11.2. The van der Waals surface area contributed by atoms with Gasteiger partial charge in [0, 0.05) is 13.1 Å². The number of alkyl halides is 3. The summed E-state index contributed by atoms with van der Waals surface area (Å²) in [6, 6.07) is 4.23. The predicted octanol–water partition coefficient (Wildman–Crippen LogP) is 2.57. The molecule has 0 fully saturated rings. The van der Waals surface area contributed by atoms with E-state index in [0.717, 1.165) is 5.56 Å². The molecule has 20 heavy (non-hydrogen) atoms. The first kappa shape index (κ1) is 16.8. The van der Waals surface area contributed by atoms with Gasteiger partial charge in [0.15, 0.2) is 0 Å². The van der Waals surface area contributed by atoms with Gasteiger partial charge in [-0.15, -0.1) is 13.2 Å². The summed E-state index contributed by atoms with van der Waals surface area (Å²) >= 11 is 3.01. The first-order valence-corrected chi connectivity index (χ1v) is 6.62. The summed E-state index contributed by atoms with van der Waals surface area (Å²) in [4.78, 5) is 11.2. The van der Waals surface area contributed by atoms with Crippen LogP contribution in [0.25, 0.3) is 0 Å². The Kier molecular flexibility index (Phi) is 6.28. The van der Waals surface area contributed by atoms with Crippen molar-refractivity contribution < 1.29 is 22.7 Å². The Morgan fingerprint density at radius 1 is 1.40 bits per heavy atom. The van der Waals surface area contributed by atoms with E-state index in [1.807, 2.05) is 6.92 Å². The van der Waals surface area contributed by atoms with Crippen LogP contribution in [0.15, 0.2) is 22.7 Å². The van der Waals surface area contributed by atoms with Crippen molar-refractivity contribution in [3.8, 4) is 5.75 Å². The van der Waals surface area contributed by atoms with E-state index in [2.05, 4.69) is 31.3 Å². The molecule has 0 heterocycles. The van der Waals surface area contributed by atoms with Crippen molar-refractivity contribution in [3.63, 3.8) is 0 Å². The topological polar surface area (TPSA) is 50.4 Å². The summed E-state index contributed by atoms with van der Waals surface area (Å²) < 4.78 is 40.3. The third kappa shape index (κ3) is 6.25. The molecule has 0 aromatic heterocycles. The number of benzene rings is 1. The second-order valence-corrected chi connectivity index (χ2v) is 4.72. The number of amides is 1. The van der Waals surface area contributed by atoms with E-state index in [1.54, 1.807) is 0 Å². The maximum Gasteiger partial charge on any atom is 0.573 e. The molecule has 0 bridgehead atoms. The number of nitrogens with one attached hydrogen (secondary N) is 2. The highest BCUT2D eigenvalue weighted by Gasteiger charge is 2.31. The van der Waals surface area contributed by atoms with E-state index < -0.39 is 6.36 Å². The number of ether oxygens (including phenoxy) is 1. The van der Waals surface area contributed by atoms with E-state index in [0.29, 0.717) is 13.1 Å². The Morgan fingerprint density at radius 2 is 2.10 bits per heavy atom. The minimum Gasteiger partial charge on any atom is -0.405 e. The lowest BCUT2D eigenvalue weighted by Gasteiger charge is -2.12. The van der Waals surface area contributed by atoms with Crippen LogP contribution in [0.2, 0.25) is 0 Å². The Hall–Kier alpha value is -1.28. The van der Waals surface area contributed by atoms with Gasteiger partial charge in [-0.1, -0.05) is 6.07 Å². The molecule has 0 aliphatic rings. The zero-order valence-corrected chi connectivity index (χ0v) is 12.3. The molecule has 4 nitrogen and oxygen atoms in total. The fraction of sp³-hybridized carbons (Fsp3) is 0.417. The number of carbonyl (C=O) groups is 1. The van der Waals surface area contributed by atoms with Crippen LogP contribution in [-0.4, -0.2) is 25.4 Å². The van der Waals surface area contributed by atoms with E-state index >= 15 is 0 Å². The second kappa shape index (κ2) is 7.49. The first-order chi connectivity index (χ1) is 9.31. The molecule has 0 radical (unpaired) electrons. The summed E-state index contributed by atoms with van der Waals surface area (Å²) in [6.45, 7) is 2.87.